The molecule has 0 fully saturated rings. The summed E-state index contributed by atoms with van der Waals surface area (Å²) in [5.74, 6) is 0. The van der Waals surface area contributed by atoms with E-state index in [9.17, 15) is 0 Å². The van der Waals surface area contributed by atoms with Crippen molar-refractivity contribution in [3.63, 3.8) is 0 Å². The molecule has 5 aromatic carbocycles. The lowest BCUT2D eigenvalue weighted by Gasteiger charge is -2.15. The van der Waals surface area contributed by atoms with E-state index >= 15 is 0 Å². The number of pyridine rings is 1. The van der Waals surface area contributed by atoms with Gasteiger partial charge in [-0.15, -0.1) is 0 Å². The van der Waals surface area contributed by atoms with Crippen molar-refractivity contribution in [3.8, 4) is 44.8 Å². The third kappa shape index (κ3) is 5.11. The molecule has 2 heterocycles. The number of aromatic nitrogens is 2. The van der Waals surface area contributed by atoms with Crippen molar-refractivity contribution in [1.82, 2.24) is 9.38 Å². The Hall–Kier alpha value is -5.73. The molecular formula is C43H32N2. The van der Waals surface area contributed by atoms with E-state index in [2.05, 4.69) is 163 Å². The summed E-state index contributed by atoms with van der Waals surface area (Å²) in [4.78, 5) is 5.08. The summed E-state index contributed by atoms with van der Waals surface area (Å²) in [6, 6.07) is 47.8. The minimum Gasteiger partial charge on any atom is -0.299 e. The lowest BCUT2D eigenvalue weighted by Crippen LogP contribution is -1.92. The maximum absolute atomic E-state index is 5.08. The standard InChI is InChI=1S/C43H32N2/c1-30-12-5-6-16-35(26-30)37-27-36(28-38(29-37)40-19-11-17-32-13-7-8-18-39(32)40)31-21-23-33(24-22-31)42-43(34-14-3-2-4-15-34)45-25-10-9-20-41(45)44-42/h2-11,13-25,27-29H,1,12,26H2. The van der Waals surface area contributed by atoms with Gasteiger partial charge in [-0.1, -0.05) is 134 Å². The topological polar surface area (TPSA) is 17.3 Å². The molecule has 0 unspecified atom stereocenters. The fraction of sp³-hybridized carbons (Fsp3) is 0.0465. The average molecular weight is 577 g/mol. The zero-order valence-corrected chi connectivity index (χ0v) is 25.0. The van der Waals surface area contributed by atoms with E-state index in [4.69, 9.17) is 4.98 Å². The maximum Gasteiger partial charge on any atom is 0.137 e. The largest absolute Gasteiger partial charge is 0.299 e. The molecule has 0 saturated carbocycles. The van der Waals surface area contributed by atoms with Crippen LogP contribution in [-0.4, -0.2) is 9.38 Å². The van der Waals surface area contributed by atoms with Gasteiger partial charge in [0.25, 0.3) is 0 Å². The van der Waals surface area contributed by atoms with Gasteiger partial charge in [0.2, 0.25) is 0 Å². The van der Waals surface area contributed by atoms with Gasteiger partial charge in [-0.25, -0.2) is 4.98 Å². The van der Waals surface area contributed by atoms with Crippen LogP contribution >= 0.6 is 0 Å². The van der Waals surface area contributed by atoms with E-state index in [1.807, 2.05) is 6.07 Å². The summed E-state index contributed by atoms with van der Waals surface area (Å²) in [6.45, 7) is 4.34. The molecule has 0 N–H and O–H groups in total. The van der Waals surface area contributed by atoms with Crippen LogP contribution < -0.4 is 0 Å². The van der Waals surface area contributed by atoms with Gasteiger partial charge < -0.3 is 0 Å². The third-order valence-electron chi connectivity index (χ3n) is 8.75. The molecule has 0 spiro atoms. The normalized spacial score (nSPS) is 13.2. The van der Waals surface area contributed by atoms with Crippen LogP contribution in [0.25, 0.3) is 66.8 Å². The Morgan fingerprint density at radius 2 is 1.33 bits per heavy atom. The predicted molar refractivity (Wildman–Crippen MR) is 190 cm³/mol. The highest BCUT2D eigenvalue weighted by atomic mass is 15.0. The Labute approximate surface area is 264 Å². The molecule has 2 nitrogen and oxygen atoms in total. The highest BCUT2D eigenvalue weighted by Crippen LogP contribution is 2.38. The first-order chi connectivity index (χ1) is 22.2. The van der Waals surface area contributed by atoms with Gasteiger partial charge in [0.1, 0.15) is 5.65 Å². The highest BCUT2D eigenvalue weighted by Gasteiger charge is 2.17. The quantitative estimate of drug-likeness (QED) is 0.186. The summed E-state index contributed by atoms with van der Waals surface area (Å²) < 4.78 is 2.18. The molecule has 45 heavy (non-hydrogen) atoms. The van der Waals surface area contributed by atoms with Crippen LogP contribution in [0.2, 0.25) is 0 Å². The van der Waals surface area contributed by atoms with Crippen molar-refractivity contribution in [3.05, 3.63) is 176 Å². The molecule has 0 radical (unpaired) electrons. The SMILES string of the molecule is C=C1CC=CC=C(c2cc(-c3ccc(-c4nc5ccccn5c4-c4ccccc4)cc3)cc(-c3cccc4ccccc34)c2)C1. The predicted octanol–water partition coefficient (Wildman–Crippen LogP) is 11.4. The smallest absolute Gasteiger partial charge is 0.137 e. The molecule has 1 aliphatic carbocycles. The molecule has 1 aliphatic rings. The van der Waals surface area contributed by atoms with Gasteiger partial charge in [-0.3, -0.25) is 4.40 Å². The Morgan fingerprint density at radius 1 is 0.600 bits per heavy atom. The van der Waals surface area contributed by atoms with Crippen LogP contribution in [0, 0.1) is 0 Å². The molecular weight excluding hydrogens is 544 g/mol. The van der Waals surface area contributed by atoms with Crippen LogP contribution in [0.15, 0.2) is 170 Å². The van der Waals surface area contributed by atoms with Crippen molar-refractivity contribution in [2.24, 2.45) is 0 Å². The number of allylic oxidation sites excluding steroid dienone is 5. The second-order valence-corrected chi connectivity index (χ2v) is 11.8. The van der Waals surface area contributed by atoms with E-state index in [1.54, 1.807) is 0 Å². The zero-order valence-electron chi connectivity index (χ0n) is 25.0. The van der Waals surface area contributed by atoms with Crippen LogP contribution in [0.4, 0.5) is 0 Å². The third-order valence-corrected chi connectivity index (χ3v) is 8.75. The van der Waals surface area contributed by atoms with Gasteiger partial charge in [0.05, 0.1) is 11.4 Å². The molecule has 0 amide bonds. The lowest BCUT2D eigenvalue weighted by molar-refractivity contribution is 1.14. The van der Waals surface area contributed by atoms with Gasteiger partial charge in [-0.05, 0) is 87.3 Å². The second-order valence-electron chi connectivity index (χ2n) is 11.8. The molecule has 0 aliphatic heterocycles. The van der Waals surface area contributed by atoms with E-state index in [0.717, 1.165) is 41.0 Å². The minimum atomic E-state index is 0.876. The minimum absolute atomic E-state index is 0.876. The molecule has 7 aromatic rings. The molecule has 0 atom stereocenters. The van der Waals surface area contributed by atoms with Crippen LogP contribution in [-0.2, 0) is 0 Å². The van der Waals surface area contributed by atoms with E-state index in [-0.39, 0.29) is 0 Å². The molecule has 2 aromatic heterocycles. The molecule has 8 rings (SSSR count). The number of rotatable bonds is 5. The summed E-state index contributed by atoms with van der Waals surface area (Å²) in [6.07, 6.45) is 10.5. The van der Waals surface area contributed by atoms with Crippen LogP contribution in [0.1, 0.15) is 18.4 Å². The molecule has 0 bridgehead atoms. The fourth-order valence-corrected chi connectivity index (χ4v) is 6.52. The number of hydrogen-bond donors (Lipinski definition) is 0. The zero-order chi connectivity index (χ0) is 30.2. The second kappa shape index (κ2) is 11.4. The summed E-state index contributed by atoms with van der Waals surface area (Å²) >= 11 is 0. The van der Waals surface area contributed by atoms with Crippen molar-refractivity contribution >= 4 is 22.0 Å². The fourth-order valence-electron chi connectivity index (χ4n) is 6.52. The van der Waals surface area contributed by atoms with E-state index in [1.165, 1.54) is 49.7 Å². The monoisotopic (exact) mass is 576 g/mol. The summed E-state index contributed by atoms with van der Waals surface area (Å²) in [5.41, 5.74) is 13.9. The van der Waals surface area contributed by atoms with E-state index < -0.39 is 0 Å². The first-order valence-electron chi connectivity index (χ1n) is 15.5. The summed E-state index contributed by atoms with van der Waals surface area (Å²) in [7, 11) is 0. The van der Waals surface area contributed by atoms with Crippen molar-refractivity contribution in [2.45, 2.75) is 12.8 Å². The highest BCUT2D eigenvalue weighted by molar-refractivity contribution is 5.98. The van der Waals surface area contributed by atoms with Gasteiger partial charge >= 0.3 is 0 Å². The Bertz CT molecular complexity index is 2260. The Balaban J connectivity index is 1.26. The number of hydrogen-bond acceptors (Lipinski definition) is 1. The van der Waals surface area contributed by atoms with E-state index in [0.29, 0.717) is 0 Å². The number of benzene rings is 5. The molecule has 0 saturated heterocycles. The lowest BCUT2D eigenvalue weighted by atomic mass is 9.89. The molecule has 214 valence electrons. The molecule has 2 heteroatoms. The Morgan fingerprint density at radius 3 is 2.22 bits per heavy atom. The van der Waals surface area contributed by atoms with Crippen molar-refractivity contribution in [2.75, 3.05) is 0 Å². The Kier molecular flexibility index (Phi) is 6.81. The maximum atomic E-state index is 5.08. The number of imidazole rings is 1. The van der Waals surface area contributed by atoms with Crippen LogP contribution in [0.5, 0.6) is 0 Å². The number of fused-ring (bicyclic) bond motifs is 2. The first-order valence-corrected chi connectivity index (χ1v) is 15.5. The van der Waals surface area contributed by atoms with Gasteiger partial charge in [0.15, 0.2) is 0 Å². The number of nitrogens with zero attached hydrogens (tertiary/aromatic N) is 2. The van der Waals surface area contributed by atoms with Crippen molar-refractivity contribution in [1.29, 1.82) is 0 Å². The van der Waals surface area contributed by atoms with Crippen molar-refractivity contribution < 1.29 is 0 Å². The first kappa shape index (κ1) is 26.9. The van der Waals surface area contributed by atoms with Gasteiger partial charge in [-0.2, -0.15) is 0 Å². The van der Waals surface area contributed by atoms with Gasteiger partial charge in [0, 0.05) is 17.3 Å². The average Bonchev–Trinajstić information content (AvgIpc) is 3.35. The summed E-state index contributed by atoms with van der Waals surface area (Å²) in [5, 5.41) is 2.51. The van der Waals surface area contributed by atoms with Crippen LogP contribution in [0.3, 0.4) is 0 Å².